The second kappa shape index (κ2) is 6.25. The lowest BCUT2D eigenvalue weighted by atomic mass is 10.2. The lowest BCUT2D eigenvalue weighted by Gasteiger charge is -2.00. The van der Waals surface area contributed by atoms with Gasteiger partial charge in [0.25, 0.3) is 11.5 Å². The fourth-order valence-corrected chi connectivity index (χ4v) is 1.64. The number of halogens is 3. The first kappa shape index (κ1) is 15.5. The number of nitrogens with one attached hydrogen (secondary N) is 2. The number of H-pyrrole nitrogens is 1. The highest BCUT2D eigenvalue weighted by atomic mass is 19.2. The largest absolute Gasteiger partial charge is 0.355 e. The zero-order valence-electron chi connectivity index (χ0n) is 11.3. The molecule has 0 spiro atoms. The fraction of sp³-hybridized carbons (Fsp3) is 0.0714. The molecular weight excluding hydrogens is 299 g/mol. The van der Waals surface area contributed by atoms with Gasteiger partial charge in [-0.15, -0.1) is 0 Å². The van der Waals surface area contributed by atoms with Gasteiger partial charge in [0.15, 0.2) is 17.5 Å². The van der Waals surface area contributed by atoms with Crippen LogP contribution in [0, 0.1) is 17.5 Å². The van der Waals surface area contributed by atoms with Crippen LogP contribution in [-0.2, 0) is 0 Å². The van der Waals surface area contributed by atoms with Crippen LogP contribution in [0.25, 0.3) is 12.2 Å². The lowest BCUT2D eigenvalue weighted by Crippen LogP contribution is -2.27. The van der Waals surface area contributed by atoms with Gasteiger partial charge < -0.3 is 10.3 Å². The molecule has 2 N–H and O–H groups in total. The molecule has 0 aliphatic carbocycles. The van der Waals surface area contributed by atoms with Crippen LogP contribution in [0.4, 0.5) is 13.2 Å². The van der Waals surface area contributed by atoms with E-state index in [4.69, 9.17) is 0 Å². The maximum atomic E-state index is 13.0. The molecule has 0 saturated carbocycles. The van der Waals surface area contributed by atoms with E-state index >= 15 is 0 Å². The summed E-state index contributed by atoms with van der Waals surface area (Å²) in [6.07, 6.45) is 3.58. The van der Waals surface area contributed by atoms with Crippen LogP contribution in [0.15, 0.2) is 23.1 Å². The third-order valence-electron chi connectivity index (χ3n) is 2.73. The number of aromatic amines is 1. The van der Waals surface area contributed by atoms with Gasteiger partial charge in [-0.1, -0.05) is 6.08 Å². The molecule has 2 rings (SSSR count). The van der Waals surface area contributed by atoms with E-state index in [0.29, 0.717) is 0 Å². The molecule has 1 amide bonds. The summed E-state index contributed by atoms with van der Waals surface area (Å²) in [5.74, 6) is -4.72. The summed E-state index contributed by atoms with van der Waals surface area (Å²) in [5.41, 5.74) is -0.779. The second-order valence-electron chi connectivity index (χ2n) is 4.22. The molecule has 1 aromatic heterocycles. The zero-order chi connectivity index (χ0) is 16.3. The molecule has 5 nitrogen and oxygen atoms in total. The van der Waals surface area contributed by atoms with E-state index in [-0.39, 0.29) is 17.0 Å². The van der Waals surface area contributed by atoms with Gasteiger partial charge in [0.1, 0.15) is 11.4 Å². The fourth-order valence-electron chi connectivity index (χ4n) is 1.64. The maximum absolute atomic E-state index is 13.0. The van der Waals surface area contributed by atoms with Crippen LogP contribution >= 0.6 is 0 Å². The van der Waals surface area contributed by atoms with Gasteiger partial charge >= 0.3 is 0 Å². The number of nitrogens with zero attached hydrogens (tertiary/aromatic N) is 1. The molecule has 0 bridgehead atoms. The molecule has 0 aliphatic rings. The molecule has 0 unspecified atom stereocenters. The van der Waals surface area contributed by atoms with Gasteiger partial charge in [-0.2, -0.15) is 0 Å². The predicted molar refractivity (Wildman–Crippen MR) is 73.5 cm³/mol. The molecule has 8 heteroatoms. The van der Waals surface area contributed by atoms with E-state index in [9.17, 15) is 22.8 Å². The lowest BCUT2D eigenvalue weighted by molar-refractivity contribution is 0.0961. The zero-order valence-corrected chi connectivity index (χ0v) is 11.3. The predicted octanol–water partition coefficient (Wildman–Crippen LogP) is 1.72. The summed E-state index contributed by atoms with van der Waals surface area (Å²) in [4.78, 5) is 29.1. The summed E-state index contributed by atoms with van der Waals surface area (Å²) in [6.45, 7) is 0. The number of carbonyl (C=O) groups is 1. The number of aromatic nitrogens is 2. The molecule has 1 aromatic carbocycles. The summed E-state index contributed by atoms with van der Waals surface area (Å²) < 4.78 is 38.9. The number of carbonyl (C=O) groups excluding carboxylic acids is 1. The Hall–Kier alpha value is -2.90. The Morgan fingerprint density at radius 1 is 1.23 bits per heavy atom. The van der Waals surface area contributed by atoms with Gasteiger partial charge in [0, 0.05) is 13.2 Å². The quantitative estimate of drug-likeness (QED) is 0.848. The average Bonchev–Trinajstić information content (AvgIpc) is 2.49. The standard InChI is InChI=1S/C14H10F3N3O2/c1-18-13(21)8-6-19-11(20-14(8)22)3-2-7-4-9(15)12(17)10(16)5-7/h2-6H,1H3,(H,18,21)(H,19,20,22)/b3-2+. The second-order valence-corrected chi connectivity index (χ2v) is 4.22. The highest BCUT2D eigenvalue weighted by Gasteiger charge is 2.10. The van der Waals surface area contributed by atoms with E-state index in [1.165, 1.54) is 19.2 Å². The van der Waals surface area contributed by atoms with Gasteiger partial charge in [-0.05, 0) is 23.8 Å². The van der Waals surface area contributed by atoms with Crippen molar-refractivity contribution in [3.63, 3.8) is 0 Å². The Morgan fingerprint density at radius 3 is 2.41 bits per heavy atom. The third kappa shape index (κ3) is 3.22. The smallest absolute Gasteiger partial charge is 0.263 e. The van der Waals surface area contributed by atoms with E-state index in [0.717, 1.165) is 18.3 Å². The molecule has 1 heterocycles. The molecule has 0 saturated heterocycles. The first-order valence-corrected chi connectivity index (χ1v) is 6.06. The highest BCUT2D eigenvalue weighted by molar-refractivity contribution is 5.93. The summed E-state index contributed by atoms with van der Waals surface area (Å²) in [7, 11) is 1.37. The SMILES string of the molecule is CNC(=O)c1cnc(/C=C/c2cc(F)c(F)c(F)c2)[nH]c1=O. The first-order valence-electron chi connectivity index (χ1n) is 6.06. The Labute approximate surface area is 122 Å². The summed E-state index contributed by atoms with van der Waals surface area (Å²) >= 11 is 0. The molecule has 22 heavy (non-hydrogen) atoms. The Kier molecular flexibility index (Phi) is 4.40. The third-order valence-corrected chi connectivity index (χ3v) is 2.73. The van der Waals surface area contributed by atoms with Crippen molar-refractivity contribution in [2.24, 2.45) is 0 Å². The molecule has 2 aromatic rings. The van der Waals surface area contributed by atoms with E-state index < -0.39 is 28.9 Å². The highest BCUT2D eigenvalue weighted by Crippen LogP contribution is 2.15. The van der Waals surface area contributed by atoms with Crippen molar-refractivity contribution in [1.82, 2.24) is 15.3 Å². The minimum Gasteiger partial charge on any atom is -0.355 e. The van der Waals surface area contributed by atoms with Gasteiger partial charge in [-0.3, -0.25) is 9.59 Å². The van der Waals surface area contributed by atoms with Crippen LogP contribution < -0.4 is 10.9 Å². The van der Waals surface area contributed by atoms with Crippen LogP contribution in [0.2, 0.25) is 0 Å². The van der Waals surface area contributed by atoms with Crippen molar-refractivity contribution in [3.8, 4) is 0 Å². The van der Waals surface area contributed by atoms with E-state index in [2.05, 4.69) is 15.3 Å². The molecular formula is C14H10F3N3O2. The number of benzene rings is 1. The average molecular weight is 309 g/mol. The van der Waals surface area contributed by atoms with Crippen molar-refractivity contribution in [2.75, 3.05) is 7.05 Å². The Balaban J connectivity index is 2.29. The molecule has 114 valence electrons. The molecule has 0 radical (unpaired) electrons. The van der Waals surface area contributed by atoms with Crippen LogP contribution in [0.3, 0.4) is 0 Å². The van der Waals surface area contributed by atoms with Gasteiger partial charge in [0.2, 0.25) is 0 Å². The van der Waals surface area contributed by atoms with E-state index in [1.54, 1.807) is 0 Å². The monoisotopic (exact) mass is 309 g/mol. The van der Waals surface area contributed by atoms with Crippen LogP contribution in [-0.4, -0.2) is 22.9 Å². The van der Waals surface area contributed by atoms with Crippen LogP contribution in [0.1, 0.15) is 21.7 Å². The van der Waals surface area contributed by atoms with Crippen molar-refractivity contribution < 1.29 is 18.0 Å². The normalized spacial score (nSPS) is 10.9. The summed E-state index contributed by atoms with van der Waals surface area (Å²) in [5, 5.41) is 2.28. The Bertz CT molecular complexity index is 792. The minimum absolute atomic E-state index is 0.0504. The van der Waals surface area contributed by atoms with Gasteiger partial charge in [0.05, 0.1) is 0 Å². The number of hydrogen-bond acceptors (Lipinski definition) is 3. The molecule has 0 atom stereocenters. The Morgan fingerprint density at radius 2 is 1.86 bits per heavy atom. The van der Waals surface area contributed by atoms with Crippen molar-refractivity contribution in [1.29, 1.82) is 0 Å². The molecule has 0 aliphatic heterocycles. The van der Waals surface area contributed by atoms with Crippen molar-refractivity contribution in [2.45, 2.75) is 0 Å². The number of hydrogen-bond donors (Lipinski definition) is 2. The molecule has 0 fully saturated rings. The maximum Gasteiger partial charge on any atom is 0.263 e. The van der Waals surface area contributed by atoms with Gasteiger partial charge in [-0.25, -0.2) is 18.2 Å². The first-order chi connectivity index (χ1) is 10.4. The van der Waals surface area contributed by atoms with Crippen molar-refractivity contribution in [3.05, 3.63) is 63.1 Å². The van der Waals surface area contributed by atoms with Crippen LogP contribution in [0.5, 0.6) is 0 Å². The number of amides is 1. The minimum atomic E-state index is -1.56. The van der Waals surface area contributed by atoms with Crippen molar-refractivity contribution >= 4 is 18.1 Å². The number of rotatable bonds is 3. The summed E-state index contributed by atoms with van der Waals surface area (Å²) in [6, 6.07) is 1.60. The topological polar surface area (TPSA) is 74.8 Å². The van der Waals surface area contributed by atoms with E-state index in [1.807, 2.05) is 0 Å².